The van der Waals surface area contributed by atoms with Crippen LogP contribution in [-0.2, 0) is 14.3 Å². The molecule has 0 bridgehead atoms. The lowest BCUT2D eigenvalue weighted by Crippen LogP contribution is -2.52. The highest BCUT2D eigenvalue weighted by atomic mass is 16.5. The van der Waals surface area contributed by atoms with Crippen molar-refractivity contribution in [1.29, 1.82) is 0 Å². The summed E-state index contributed by atoms with van der Waals surface area (Å²) in [5.41, 5.74) is 5.64. The van der Waals surface area contributed by atoms with Gasteiger partial charge in [0, 0.05) is 6.54 Å². The van der Waals surface area contributed by atoms with Gasteiger partial charge in [0.05, 0.1) is 12.6 Å². The summed E-state index contributed by atoms with van der Waals surface area (Å²) in [5.74, 6) is -0.322. The van der Waals surface area contributed by atoms with Crippen molar-refractivity contribution in [2.75, 3.05) is 19.7 Å². The first-order valence-electron chi connectivity index (χ1n) is 6.79. The fourth-order valence-corrected chi connectivity index (χ4v) is 1.60. The molecular weight excluding hydrogens is 244 g/mol. The number of amides is 1. The summed E-state index contributed by atoms with van der Waals surface area (Å²) >= 11 is 0. The second kappa shape index (κ2) is 7.48. The summed E-state index contributed by atoms with van der Waals surface area (Å²) in [4.78, 5) is 25.4. The summed E-state index contributed by atoms with van der Waals surface area (Å²) in [6, 6.07) is -0.624. The van der Waals surface area contributed by atoms with Crippen molar-refractivity contribution >= 4 is 11.9 Å². The van der Waals surface area contributed by atoms with Gasteiger partial charge in [0.25, 0.3) is 0 Å². The Bertz CT molecular complexity index is 308. The first-order valence-corrected chi connectivity index (χ1v) is 6.79. The molecule has 0 heterocycles. The molecule has 0 aliphatic rings. The minimum atomic E-state index is -0.624. The maximum absolute atomic E-state index is 12.4. The molecule has 0 saturated heterocycles. The van der Waals surface area contributed by atoms with Crippen LogP contribution in [0, 0.1) is 11.3 Å². The van der Waals surface area contributed by atoms with Crippen molar-refractivity contribution in [3.05, 3.63) is 0 Å². The Kier molecular flexibility index (Phi) is 7.05. The maximum Gasteiger partial charge on any atom is 0.325 e. The number of hydrogen-bond donors (Lipinski definition) is 1. The molecule has 0 rings (SSSR count). The Morgan fingerprint density at radius 1 is 1.26 bits per heavy atom. The molecule has 0 aliphatic carbocycles. The maximum atomic E-state index is 12.4. The second-order valence-corrected chi connectivity index (χ2v) is 6.26. The first kappa shape index (κ1) is 17.9. The van der Waals surface area contributed by atoms with E-state index in [1.807, 2.05) is 34.6 Å². The van der Waals surface area contributed by atoms with Crippen LogP contribution in [0.4, 0.5) is 0 Å². The molecule has 2 N–H and O–H groups in total. The Labute approximate surface area is 116 Å². The molecule has 0 aliphatic heterocycles. The Morgan fingerprint density at radius 3 is 2.16 bits per heavy atom. The molecule has 0 aromatic heterocycles. The Hall–Kier alpha value is -1.10. The van der Waals surface area contributed by atoms with Crippen LogP contribution in [0.15, 0.2) is 0 Å². The van der Waals surface area contributed by atoms with E-state index in [4.69, 9.17) is 10.5 Å². The molecular formula is C14H28N2O3. The highest BCUT2D eigenvalue weighted by molar-refractivity contribution is 5.86. The van der Waals surface area contributed by atoms with Gasteiger partial charge in [0.1, 0.15) is 6.54 Å². The van der Waals surface area contributed by atoms with Gasteiger partial charge in [-0.3, -0.25) is 9.59 Å². The zero-order chi connectivity index (χ0) is 15.2. The van der Waals surface area contributed by atoms with E-state index in [1.165, 1.54) is 4.90 Å². The fourth-order valence-electron chi connectivity index (χ4n) is 1.60. The molecule has 19 heavy (non-hydrogen) atoms. The summed E-state index contributed by atoms with van der Waals surface area (Å²) in [6.07, 6.45) is 0. The van der Waals surface area contributed by atoms with Crippen LogP contribution in [0.3, 0.4) is 0 Å². The Morgan fingerprint density at radius 2 is 1.79 bits per heavy atom. The van der Waals surface area contributed by atoms with Gasteiger partial charge in [-0.1, -0.05) is 34.6 Å². The zero-order valence-electron chi connectivity index (χ0n) is 13.0. The van der Waals surface area contributed by atoms with Gasteiger partial charge in [-0.05, 0) is 18.3 Å². The standard InChI is InChI=1S/C14H28N2O3/c1-7-19-11(17)9-16(8-10(2)3)13(18)12(15)14(4,5)6/h10,12H,7-9,15H2,1-6H3/t12-/m1/s1. The van der Waals surface area contributed by atoms with Gasteiger partial charge in [0.15, 0.2) is 0 Å². The molecule has 112 valence electrons. The van der Waals surface area contributed by atoms with E-state index in [0.717, 1.165) is 0 Å². The first-order chi connectivity index (χ1) is 8.59. The van der Waals surface area contributed by atoms with Crippen molar-refractivity contribution in [2.45, 2.75) is 47.6 Å². The molecule has 1 amide bonds. The van der Waals surface area contributed by atoms with Gasteiger partial charge >= 0.3 is 5.97 Å². The van der Waals surface area contributed by atoms with Crippen LogP contribution in [0.5, 0.6) is 0 Å². The third-order valence-corrected chi connectivity index (χ3v) is 2.72. The van der Waals surface area contributed by atoms with Crippen LogP contribution in [0.2, 0.25) is 0 Å². The average Bonchev–Trinajstić information content (AvgIpc) is 2.24. The lowest BCUT2D eigenvalue weighted by molar-refractivity contribution is -0.150. The van der Waals surface area contributed by atoms with E-state index in [0.29, 0.717) is 13.2 Å². The van der Waals surface area contributed by atoms with Crippen LogP contribution in [0.1, 0.15) is 41.5 Å². The van der Waals surface area contributed by atoms with Crippen LogP contribution in [-0.4, -0.2) is 42.5 Å². The fraction of sp³-hybridized carbons (Fsp3) is 0.857. The van der Waals surface area contributed by atoms with Crippen LogP contribution < -0.4 is 5.73 Å². The molecule has 0 radical (unpaired) electrons. The summed E-state index contributed by atoms with van der Waals surface area (Å²) < 4.78 is 4.90. The molecule has 0 aromatic rings. The molecule has 0 saturated carbocycles. The van der Waals surface area contributed by atoms with Gasteiger partial charge in [-0.15, -0.1) is 0 Å². The van der Waals surface area contributed by atoms with E-state index >= 15 is 0 Å². The van der Waals surface area contributed by atoms with E-state index in [9.17, 15) is 9.59 Å². The van der Waals surface area contributed by atoms with Gasteiger partial charge in [-0.25, -0.2) is 0 Å². The van der Waals surface area contributed by atoms with Crippen LogP contribution in [0.25, 0.3) is 0 Å². The van der Waals surface area contributed by atoms with E-state index < -0.39 is 12.0 Å². The highest BCUT2D eigenvalue weighted by Gasteiger charge is 2.32. The van der Waals surface area contributed by atoms with Crippen molar-refractivity contribution in [1.82, 2.24) is 4.90 Å². The monoisotopic (exact) mass is 272 g/mol. The number of hydrogen-bond acceptors (Lipinski definition) is 4. The van der Waals surface area contributed by atoms with E-state index in [1.54, 1.807) is 6.92 Å². The van der Waals surface area contributed by atoms with Crippen molar-refractivity contribution in [3.8, 4) is 0 Å². The van der Waals surface area contributed by atoms with E-state index in [2.05, 4.69) is 0 Å². The molecule has 5 nitrogen and oxygen atoms in total. The van der Waals surface area contributed by atoms with Gasteiger partial charge in [-0.2, -0.15) is 0 Å². The number of rotatable bonds is 6. The lowest BCUT2D eigenvalue weighted by atomic mass is 9.86. The minimum absolute atomic E-state index is 0.0331. The third kappa shape index (κ3) is 6.57. The number of nitrogens with zero attached hydrogens (tertiary/aromatic N) is 1. The number of carbonyl (C=O) groups is 2. The average molecular weight is 272 g/mol. The van der Waals surface area contributed by atoms with Gasteiger partial charge < -0.3 is 15.4 Å². The molecule has 0 unspecified atom stereocenters. The molecule has 0 fully saturated rings. The van der Waals surface area contributed by atoms with Gasteiger partial charge in [0.2, 0.25) is 5.91 Å². The highest BCUT2D eigenvalue weighted by Crippen LogP contribution is 2.19. The zero-order valence-corrected chi connectivity index (χ0v) is 13.0. The van der Waals surface area contributed by atoms with Crippen molar-refractivity contribution in [3.63, 3.8) is 0 Å². The summed E-state index contributed by atoms with van der Waals surface area (Å²) in [7, 11) is 0. The number of carbonyl (C=O) groups excluding carboxylic acids is 2. The molecule has 0 spiro atoms. The molecule has 1 atom stereocenters. The van der Waals surface area contributed by atoms with E-state index in [-0.39, 0.29) is 23.8 Å². The van der Waals surface area contributed by atoms with Crippen molar-refractivity contribution in [2.24, 2.45) is 17.1 Å². The predicted molar refractivity (Wildman–Crippen MR) is 75.5 cm³/mol. The number of ether oxygens (including phenoxy) is 1. The largest absolute Gasteiger partial charge is 0.465 e. The van der Waals surface area contributed by atoms with Crippen molar-refractivity contribution < 1.29 is 14.3 Å². The SMILES string of the molecule is CCOC(=O)CN(CC(C)C)C(=O)[C@@H](N)C(C)(C)C. The Balaban J connectivity index is 4.84. The normalized spacial score (nSPS) is 13.3. The minimum Gasteiger partial charge on any atom is -0.465 e. The summed E-state index contributed by atoms with van der Waals surface area (Å²) in [6.45, 7) is 12.2. The second-order valence-electron chi connectivity index (χ2n) is 6.26. The third-order valence-electron chi connectivity index (χ3n) is 2.72. The topological polar surface area (TPSA) is 72.6 Å². The molecule has 0 aromatic carbocycles. The smallest absolute Gasteiger partial charge is 0.325 e. The van der Waals surface area contributed by atoms with Crippen LogP contribution >= 0.6 is 0 Å². The predicted octanol–water partition coefficient (Wildman–Crippen LogP) is 1.41. The number of esters is 1. The molecule has 5 heteroatoms. The summed E-state index contributed by atoms with van der Waals surface area (Å²) in [5, 5.41) is 0. The quantitative estimate of drug-likeness (QED) is 0.742. The lowest BCUT2D eigenvalue weighted by Gasteiger charge is -2.32. The number of nitrogens with two attached hydrogens (primary N) is 1.